The average Bonchev–Trinajstić information content (AvgIpc) is 2.48. The van der Waals surface area contributed by atoms with Gasteiger partial charge in [-0.05, 0) is 44.5 Å². The van der Waals surface area contributed by atoms with Gasteiger partial charge in [0.15, 0.2) is 0 Å². The second-order valence-corrected chi connectivity index (χ2v) is 4.65. The lowest BCUT2D eigenvalue weighted by Crippen LogP contribution is -2.21. The quantitative estimate of drug-likeness (QED) is 0.556. The molecule has 0 aliphatic heterocycles. The van der Waals surface area contributed by atoms with Gasteiger partial charge in [0, 0.05) is 24.5 Å². The third-order valence-corrected chi connectivity index (χ3v) is 3.19. The number of ether oxygens (including phenoxy) is 1. The van der Waals surface area contributed by atoms with Crippen molar-refractivity contribution in [2.45, 2.75) is 33.6 Å². The topological polar surface area (TPSA) is 41.6 Å². The average molecular weight is 278 g/mol. The zero-order valence-electron chi connectivity index (χ0n) is 12.8. The normalized spacial score (nSPS) is 10.2. The first-order chi connectivity index (χ1) is 9.71. The number of hydrogen-bond donors (Lipinski definition) is 1. The highest BCUT2D eigenvalue weighted by Crippen LogP contribution is 2.17. The number of hydrogen-bond acceptors (Lipinski definition) is 4. The molecule has 0 aliphatic carbocycles. The van der Waals surface area contributed by atoms with Crippen LogP contribution < -0.4 is 10.2 Å². The van der Waals surface area contributed by atoms with E-state index in [-0.39, 0.29) is 12.5 Å². The fraction of sp³-hybridized carbons (Fsp3) is 0.562. The lowest BCUT2D eigenvalue weighted by Gasteiger charge is -2.21. The molecule has 0 unspecified atom stereocenters. The molecule has 0 fully saturated rings. The third kappa shape index (κ3) is 5.51. The summed E-state index contributed by atoms with van der Waals surface area (Å²) >= 11 is 0. The molecule has 0 spiro atoms. The summed E-state index contributed by atoms with van der Waals surface area (Å²) in [4.78, 5) is 13.7. The third-order valence-electron chi connectivity index (χ3n) is 3.19. The number of benzene rings is 1. The number of rotatable bonds is 9. The predicted molar refractivity (Wildman–Crippen MR) is 84.4 cm³/mol. The van der Waals surface area contributed by atoms with Gasteiger partial charge in [0.25, 0.3) is 0 Å². The highest BCUT2D eigenvalue weighted by molar-refractivity contribution is 5.75. The van der Waals surface area contributed by atoms with E-state index in [0.29, 0.717) is 6.61 Å². The van der Waals surface area contributed by atoms with E-state index in [0.717, 1.165) is 31.6 Å². The van der Waals surface area contributed by atoms with Crippen molar-refractivity contribution in [1.29, 1.82) is 0 Å². The Balaban J connectivity index is 2.39. The minimum atomic E-state index is -0.203. The molecule has 0 amide bonds. The minimum Gasteiger partial charge on any atom is -0.464 e. The molecule has 20 heavy (non-hydrogen) atoms. The fourth-order valence-corrected chi connectivity index (χ4v) is 1.93. The highest BCUT2D eigenvalue weighted by Gasteiger charge is 2.04. The van der Waals surface area contributed by atoms with Gasteiger partial charge in [-0.3, -0.25) is 4.79 Å². The van der Waals surface area contributed by atoms with Crippen molar-refractivity contribution in [2.75, 3.05) is 36.5 Å². The molecular formula is C16H26N2O2. The maximum Gasteiger partial charge on any atom is 0.325 e. The summed E-state index contributed by atoms with van der Waals surface area (Å²) in [6, 6.07) is 8.12. The molecule has 112 valence electrons. The summed E-state index contributed by atoms with van der Waals surface area (Å²) in [6.45, 7) is 9.07. The molecule has 0 atom stereocenters. The molecule has 0 heterocycles. The van der Waals surface area contributed by atoms with Crippen LogP contribution in [-0.4, -0.2) is 32.2 Å². The Kier molecular flexibility index (Phi) is 7.55. The number of nitrogens with one attached hydrogen (secondary N) is 1. The maximum atomic E-state index is 11.5. The first-order valence-electron chi connectivity index (χ1n) is 7.45. The summed E-state index contributed by atoms with van der Waals surface area (Å²) in [5.41, 5.74) is 2.14. The Hall–Kier alpha value is -1.71. The van der Waals surface area contributed by atoms with Crippen LogP contribution in [0.25, 0.3) is 0 Å². The number of carbonyl (C=O) groups is 1. The van der Waals surface area contributed by atoms with Crippen molar-refractivity contribution >= 4 is 17.3 Å². The van der Waals surface area contributed by atoms with Crippen molar-refractivity contribution in [1.82, 2.24) is 0 Å². The molecule has 0 saturated heterocycles. The van der Waals surface area contributed by atoms with Crippen LogP contribution in [0.3, 0.4) is 0 Å². The highest BCUT2D eigenvalue weighted by atomic mass is 16.5. The molecule has 0 aromatic heterocycles. The van der Waals surface area contributed by atoms with E-state index in [1.807, 2.05) is 12.1 Å². The zero-order chi connectivity index (χ0) is 14.8. The van der Waals surface area contributed by atoms with Crippen molar-refractivity contribution < 1.29 is 9.53 Å². The molecule has 1 rings (SSSR count). The van der Waals surface area contributed by atoms with Crippen molar-refractivity contribution in [3.8, 4) is 0 Å². The first-order valence-corrected chi connectivity index (χ1v) is 7.45. The van der Waals surface area contributed by atoms with E-state index in [9.17, 15) is 4.79 Å². The predicted octanol–water partition coefficient (Wildman–Crippen LogP) is 3.29. The van der Waals surface area contributed by atoms with Gasteiger partial charge in [-0.1, -0.05) is 13.3 Å². The number of esters is 1. The second kappa shape index (κ2) is 9.23. The Labute approximate surface area is 122 Å². The van der Waals surface area contributed by atoms with Gasteiger partial charge < -0.3 is 15.0 Å². The van der Waals surface area contributed by atoms with Crippen LogP contribution in [0.4, 0.5) is 11.4 Å². The molecule has 0 bridgehead atoms. The van der Waals surface area contributed by atoms with Crippen LogP contribution in [0.5, 0.6) is 0 Å². The van der Waals surface area contributed by atoms with Gasteiger partial charge in [0.2, 0.25) is 0 Å². The van der Waals surface area contributed by atoms with Crippen LogP contribution in [0.15, 0.2) is 24.3 Å². The van der Waals surface area contributed by atoms with Crippen LogP contribution in [-0.2, 0) is 9.53 Å². The minimum absolute atomic E-state index is 0.203. The molecule has 4 nitrogen and oxygen atoms in total. The van der Waals surface area contributed by atoms with Crippen LogP contribution in [0.1, 0.15) is 33.6 Å². The van der Waals surface area contributed by atoms with Crippen molar-refractivity contribution in [3.05, 3.63) is 24.3 Å². The maximum absolute atomic E-state index is 11.5. The largest absolute Gasteiger partial charge is 0.464 e. The molecule has 1 N–H and O–H groups in total. The Morgan fingerprint density at radius 3 is 2.35 bits per heavy atom. The van der Waals surface area contributed by atoms with Gasteiger partial charge in [-0.25, -0.2) is 0 Å². The summed E-state index contributed by atoms with van der Waals surface area (Å²) in [7, 11) is 0. The number of unbranched alkanes of at least 4 members (excludes halogenated alkanes) is 1. The number of nitrogens with zero attached hydrogens (tertiary/aromatic N) is 1. The van der Waals surface area contributed by atoms with Gasteiger partial charge in [0.1, 0.15) is 6.54 Å². The number of carbonyl (C=O) groups excluding carboxylic acids is 1. The Morgan fingerprint density at radius 2 is 1.80 bits per heavy atom. The fourth-order valence-electron chi connectivity index (χ4n) is 1.93. The monoisotopic (exact) mass is 278 g/mol. The van der Waals surface area contributed by atoms with E-state index in [4.69, 9.17) is 4.74 Å². The molecule has 0 saturated carbocycles. The molecule has 1 aromatic carbocycles. The smallest absolute Gasteiger partial charge is 0.325 e. The van der Waals surface area contributed by atoms with E-state index < -0.39 is 0 Å². The van der Waals surface area contributed by atoms with E-state index >= 15 is 0 Å². The number of anilines is 2. The Morgan fingerprint density at radius 1 is 1.15 bits per heavy atom. The summed E-state index contributed by atoms with van der Waals surface area (Å²) in [5, 5.41) is 3.08. The SMILES string of the molecule is CCCCOC(=O)CNc1ccc(N(CC)CC)cc1. The molecule has 4 heteroatoms. The van der Waals surface area contributed by atoms with E-state index in [1.165, 1.54) is 5.69 Å². The van der Waals surface area contributed by atoms with Gasteiger partial charge in [-0.2, -0.15) is 0 Å². The molecule has 1 aromatic rings. The van der Waals surface area contributed by atoms with Crippen molar-refractivity contribution in [3.63, 3.8) is 0 Å². The van der Waals surface area contributed by atoms with Crippen LogP contribution in [0.2, 0.25) is 0 Å². The lowest BCUT2D eigenvalue weighted by molar-refractivity contribution is -0.141. The van der Waals surface area contributed by atoms with E-state index in [2.05, 4.69) is 43.1 Å². The first kappa shape index (κ1) is 16.3. The molecule has 0 radical (unpaired) electrons. The van der Waals surface area contributed by atoms with E-state index in [1.54, 1.807) is 0 Å². The van der Waals surface area contributed by atoms with Crippen LogP contribution in [0, 0.1) is 0 Å². The second-order valence-electron chi connectivity index (χ2n) is 4.65. The lowest BCUT2D eigenvalue weighted by atomic mass is 10.2. The van der Waals surface area contributed by atoms with Gasteiger partial charge >= 0.3 is 5.97 Å². The van der Waals surface area contributed by atoms with Gasteiger partial charge in [-0.15, -0.1) is 0 Å². The molecule has 0 aliphatic rings. The molecular weight excluding hydrogens is 252 g/mol. The standard InChI is InChI=1S/C16H26N2O2/c1-4-7-12-20-16(19)13-17-14-8-10-15(11-9-14)18(5-2)6-3/h8-11,17H,4-7,12-13H2,1-3H3. The summed E-state index contributed by atoms with van der Waals surface area (Å²) < 4.78 is 5.09. The zero-order valence-corrected chi connectivity index (χ0v) is 12.8. The van der Waals surface area contributed by atoms with Crippen LogP contribution >= 0.6 is 0 Å². The summed E-state index contributed by atoms with van der Waals surface area (Å²) in [6.07, 6.45) is 1.96. The Bertz CT molecular complexity index is 386. The summed E-state index contributed by atoms with van der Waals surface area (Å²) in [5.74, 6) is -0.203. The van der Waals surface area contributed by atoms with Gasteiger partial charge in [0.05, 0.1) is 6.61 Å². The van der Waals surface area contributed by atoms with Crippen molar-refractivity contribution in [2.24, 2.45) is 0 Å².